The molecule has 27 heavy (non-hydrogen) atoms. The summed E-state index contributed by atoms with van der Waals surface area (Å²) in [7, 11) is 0. The number of hydrogen-bond donors (Lipinski definition) is 0. The second-order valence-corrected chi connectivity index (χ2v) is 6.75. The van der Waals surface area contributed by atoms with Crippen molar-refractivity contribution >= 4 is 0 Å². The Morgan fingerprint density at radius 2 is 1.19 bits per heavy atom. The molecule has 0 saturated heterocycles. The molecule has 132 valence electrons. The van der Waals surface area contributed by atoms with Crippen LogP contribution in [0.25, 0.3) is 28.1 Å². The Kier molecular flexibility index (Phi) is 4.47. The summed E-state index contributed by atoms with van der Waals surface area (Å²) in [6.45, 7) is 3.93. The monoisotopic (exact) mass is 351 g/mol. The van der Waals surface area contributed by atoms with Gasteiger partial charge in [-0.05, 0) is 42.7 Å². The van der Waals surface area contributed by atoms with Crippen LogP contribution in [0.15, 0.2) is 95.8 Å². The molecule has 0 unspecified atom stereocenters. The average Bonchev–Trinajstić information content (AvgIpc) is 2.71. The quantitative estimate of drug-likeness (QED) is 0.458. The van der Waals surface area contributed by atoms with Crippen molar-refractivity contribution in [2.24, 2.45) is 0 Å². The molecule has 0 bridgehead atoms. The maximum absolute atomic E-state index is 13.3. The number of aromatic nitrogens is 1. The van der Waals surface area contributed by atoms with Crippen molar-refractivity contribution in [3.05, 3.63) is 112 Å². The van der Waals surface area contributed by atoms with Crippen molar-refractivity contribution in [1.82, 2.24) is 4.57 Å². The van der Waals surface area contributed by atoms with E-state index in [1.54, 1.807) is 0 Å². The number of para-hydroxylation sites is 1. The Morgan fingerprint density at radius 1 is 0.630 bits per heavy atom. The highest BCUT2D eigenvalue weighted by atomic mass is 16.1. The lowest BCUT2D eigenvalue weighted by molar-refractivity contribution is 0.970. The zero-order chi connectivity index (χ0) is 18.8. The van der Waals surface area contributed by atoms with Gasteiger partial charge in [-0.2, -0.15) is 0 Å². The lowest BCUT2D eigenvalue weighted by Crippen LogP contribution is -2.23. The van der Waals surface area contributed by atoms with E-state index in [0.717, 1.165) is 39.2 Å². The Bertz CT molecular complexity index is 1140. The third-order valence-corrected chi connectivity index (χ3v) is 4.87. The first-order valence-corrected chi connectivity index (χ1v) is 9.10. The van der Waals surface area contributed by atoms with Gasteiger partial charge in [-0.15, -0.1) is 0 Å². The molecule has 0 amide bonds. The summed E-state index contributed by atoms with van der Waals surface area (Å²) in [5.41, 5.74) is 6.84. The molecule has 0 aliphatic carbocycles. The summed E-state index contributed by atoms with van der Waals surface area (Å²) in [5, 5.41) is 0. The van der Waals surface area contributed by atoms with Crippen LogP contribution >= 0.6 is 0 Å². The van der Waals surface area contributed by atoms with Crippen molar-refractivity contribution < 1.29 is 0 Å². The molecule has 2 nitrogen and oxygen atoms in total. The highest BCUT2D eigenvalue weighted by Gasteiger charge is 2.18. The van der Waals surface area contributed by atoms with Gasteiger partial charge >= 0.3 is 0 Å². The second-order valence-electron chi connectivity index (χ2n) is 6.75. The van der Waals surface area contributed by atoms with Gasteiger partial charge in [0, 0.05) is 11.1 Å². The van der Waals surface area contributed by atoms with E-state index in [2.05, 4.69) is 24.3 Å². The summed E-state index contributed by atoms with van der Waals surface area (Å²) in [6.07, 6.45) is 0. The van der Waals surface area contributed by atoms with Crippen LogP contribution in [0.2, 0.25) is 0 Å². The molecule has 3 aromatic carbocycles. The van der Waals surface area contributed by atoms with Gasteiger partial charge < -0.3 is 0 Å². The van der Waals surface area contributed by atoms with Crippen LogP contribution in [0.3, 0.4) is 0 Å². The third kappa shape index (κ3) is 3.11. The highest BCUT2D eigenvalue weighted by Crippen LogP contribution is 2.33. The molecule has 1 heterocycles. The van der Waals surface area contributed by atoms with Crippen molar-refractivity contribution in [3.8, 4) is 28.1 Å². The van der Waals surface area contributed by atoms with Gasteiger partial charge in [0.1, 0.15) is 0 Å². The topological polar surface area (TPSA) is 22.0 Å². The van der Waals surface area contributed by atoms with E-state index in [9.17, 15) is 4.79 Å². The fraction of sp³-hybridized carbons (Fsp3) is 0.0800. The van der Waals surface area contributed by atoms with Crippen LogP contribution in [0, 0.1) is 13.8 Å². The number of hydrogen-bond acceptors (Lipinski definition) is 1. The van der Waals surface area contributed by atoms with Crippen LogP contribution in [-0.4, -0.2) is 4.57 Å². The van der Waals surface area contributed by atoms with E-state index in [1.165, 1.54) is 0 Å². The van der Waals surface area contributed by atoms with E-state index in [4.69, 9.17) is 0 Å². The minimum absolute atomic E-state index is 0.0165. The minimum atomic E-state index is 0.0165. The Balaban J connectivity index is 2.17. The Hall–Kier alpha value is -3.39. The molecule has 2 heteroatoms. The molecule has 0 spiro atoms. The molecule has 0 saturated carbocycles. The van der Waals surface area contributed by atoms with E-state index in [1.807, 2.05) is 85.1 Å². The molecule has 0 aliphatic heterocycles. The zero-order valence-electron chi connectivity index (χ0n) is 15.5. The molecule has 0 N–H and O–H groups in total. The molecular formula is C25H21NO. The summed E-state index contributed by atoms with van der Waals surface area (Å²) < 4.78 is 1.86. The molecule has 0 radical (unpaired) electrons. The fourth-order valence-corrected chi connectivity index (χ4v) is 3.51. The maximum atomic E-state index is 13.3. The first kappa shape index (κ1) is 17.0. The van der Waals surface area contributed by atoms with Gasteiger partial charge in [0.05, 0.1) is 11.4 Å². The molecule has 0 atom stereocenters. The standard InChI is InChI=1S/C25H21NO/c1-18-11-9-10-16-23(18)26-24(21-14-7-4-8-15-21)22(17-19(2)25(26)27)20-12-5-3-6-13-20/h3-17H,1-2H3. The van der Waals surface area contributed by atoms with Crippen molar-refractivity contribution in [3.63, 3.8) is 0 Å². The zero-order valence-corrected chi connectivity index (χ0v) is 15.5. The number of benzene rings is 3. The first-order chi connectivity index (χ1) is 13.2. The molecular weight excluding hydrogens is 330 g/mol. The summed E-state index contributed by atoms with van der Waals surface area (Å²) in [4.78, 5) is 13.3. The normalized spacial score (nSPS) is 10.7. The Morgan fingerprint density at radius 3 is 1.81 bits per heavy atom. The van der Waals surface area contributed by atoms with Gasteiger partial charge in [-0.1, -0.05) is 78.9 Å². The molecule has 1 aromatic heterocycles. The number of pyridine rings is 1. The fourth-order valence-electron chi connectivity index (χ4n) is 3.51. The van der Waals surface area contributed by atoms with Crippen LogP contribution in [0.1, 0.15) is 11.1 Å². The van der Waals surface area contributed by atoms with Crippen molar-refractivity contribution in [2.45, 2.75) is 13.8 Å². The number of rotatable bonds is 3. The van der Waals surface area contributed by atoms with E-state index < -0.39 is 0 Å². The minimum Gasteiger partial charge on any atom is -0.276 e. The van der Waals surface area contributed by atoms with E-state index in [0.29, 0.717) is 0 Å². The predicted molar refractivity (Wildman–Crippen MR) is 112 cm³/mol. The summed E-state index contributed by atoms with van der Waals surface area (Å²) in [5.74, 6) is 0. The highest BCUT2D eigenvalue weighted by molar-refractivity contribution is 5.82. The van der Waals surface area contributed by atoms with Crippen molar-refractivity contribution in [2.75, 3.05) is 0 Å². The lowest BCUT2D eigenvalue weighted by Gasteiger charge is -2.20. The van der Waals surface area contributed by atoms with Crippen LogP contribution in [-0.2, 0) is 0 Å². The lowest BCUT2D eigenvalue weighted by atomic mass is 9.96. The predicted octanol–water partition coefficient (Wildman–Crippen LogP) is 5.79. The van der Waals surface area contributed by atoms with Crippen LogP contribution < -0.4 is 5.56 Å². The second kappa shape index (κ2) is 7.08. The molecule has 0 aliphatic rings. The summed E-state index contributed by atoms with van der Waals surface area (Å²) in [6, 6.07) is 30.4. The number of aryl methyl sites for hydroxylation is 2. The van der Waals surface area contributed by atoms with E-state index in [-0.39, 0.29) is 5.56 Å². The van der Waals surface area contributed by atoms with Gasteiger partial charge in [0.25, 0.3) is 5.56 Å². The summed E-state index contributed by atoms with van der Waals surface area (Å²) >= 11 is 0. The van der Waals surface area contributed by atoms with Crippen LogP contribution in [0.4, 0.5) is 0 Å². The Labute approximate surface area is 159 Å². The molecule has 4 rings (SSSR count). The largest absolute Gasteiger partial charge is 0.276 e. The SMILES string of the molecule is Cc1ccccc1-n1c(-c2ccccc2)c(-c2ccccc2)cc(C)c1=O. The maximum Gasteiger partial charge on any atom is 0.258 e. The van der Waals surface area contributed by atoms with Crippen LogP contribution in [0.5, 0.6) is 0 Å². The third-order valence-electron chi connectivity index (χ3n) is 4.87. The average molecular weight is 351 g/mol. The van der Waals surface area contributed by atoms with Gasteiger partial charge in [-0.3, -0.25) is 9.36 Å². The number of nitrogens with zero attached hydrogens (tertiary/aromatic N) is 1. The van der Waals surface area contributed by atoms with Gasteiger partial charge in [-0.25, -0.2) is 0 Å². The molecule has 4 aromatic rings. The van der Waals surface area contributed by atoms with E-state index >= 15 is 0 Å². The smallest absolute Gasteiger partial charge is 0.258 e. The van der Waals surface area contributed by atoms with Gasteiger partial charge in [0.15, 0.2) is 0 Å². The van der Waals surface area contributed by atoms with Crippen molar-refractivity contribution in [1.29, 1.82) is 0 Å². The first-order valence-electron chi connectivity index (χ1n) is 9.10. The van der Waals surface area contributed by atoms with Gasteiger partial charge in [0.2, 0.25) is 0 Å². The molecule has 0 fully saturated rings.